The summed E-state index contributed by atoms with van der Waals surface area (Å²) in [6.07, 6.45) is 0. The lowest BCUT2D eigenvalue weighted by Crippen LogP contribution is -2.30. The number of alkyl halides is 1. The molecule has 0 aromatic carbocycles. The van der Waals surface area contributed by atoms with Crippen molar-refractivity contribution in [3.63, 3.8) is 0 Å². The monoisotopic (exact) mass is 222 g/mol. The Morgan fingerprint density at radius 1 is 1.64 bits per heavy atom. The summed E-state index contributed by atoms with van der Waals surface area (Å²) in [6, 6.07) is 0. The van der Waals surface area contributed by atoms with Crippen molar-refractivity contribution in [1.82, 2.24) is 0 Å². The van der Waals surface area contributed by atoms with Crippen LogP contribution in [0, 0.1) is 5.92 Å². The average molecular weight is 223 g/mol. The van der Waals surface area contributed by atoms with Crippen molar-refractivity contribution in [2.45, 2.75) is 32.0 Å². The zero-order chi connectivity index (χ0) is 9.07. The van der Waals surface area contributed by atoms with Gasteiger partial charge in [0, 0.05) is 4.32 Å². The van der Waals surface area contributed by atoms with Gasteiger partial charge in [-0.3, -0.25) is 4.79 Å². The number of carbonyl (C=O) groups is 1. The third-order valence-electron chi connectivity index (χ3n) is 1.67. The van der Waals surface area contributed by atoms with Crippen LogP contribution >= 0.6 is 15.9 Å². The number of ether oxygens (including phenoxy) is 1. The second-order valence-corrected chi connectivity index (χ2v) is 5.08. The average Bonchev–Trinajstić information content (AvgIpc) is 1.85. The highest BCUT2D eigenvalue weighted by molar-refractivity contribution is 9.10. The smallest absolute Gasteiger partial charge is 0.310 e. The molecule has 11 heavy (non-hydrogen) atoms. The molecule has 1 unspecified atom stereocenters. The highest BCUT2D eigenvalue weighted by atomic mass is 79.9. The molecule has 0 aromatic heterocycles. The molecule has 2 nitrogen and oxygen atoms in total. The van der Waals surface area contributed by atoms with Gasteiger partial charge in [-0.2, -0.15) is 0 Å². The molecular formula is C8H15BrO2. The Balaban J connectivity index is 4.03. The molecule has 1 atom stereocenters. The normalized spacial score (nSPS) is 14.3. The second kappa shape index (κ2) is 4.10. The summed E-state index contributed by atoms with van der Waals surface area (Å²) in [5.74, 6) is -0.253. The van der Waals surface area contributed by atoms with Crippen LogP contribution in [0.3, 0.4) is 0 Å². The van der Waals surface area contributed by atoms with Crippen molar-refractivity contribution in [1.29, 1.82) is 0 Å². The van der Waals surface area contributed by atoms with Gasteiger partial charge in [-0.25, -0.2) is 0 Å². The van der Waals surface area contributed by atoms with Crippen LogP contribution in [0.15, 0.2) is 0 Å². The molecule has 66 valence electrons. The molecule has 0 spiro atoms. The van der Waals surface area contributed by atoms with Gasteiger partial charge in [-0.05, 0) is 20.8 Å². The zero-order valence-corrected chi connectivity index (χ0v) is 9.06. The third-order valence-corrected chi connectivity index (χ3v) is 2.36. The van der Waals surface area contributed by atoms with Crippen LogP contribution in [0.5, 0.6) is 0 Å². The lowest BCUT2D eigenvalue weighted by molar-refractivity contribution is -0.148. The first kappa shape index (κ1) is 11.0. The number of carbonyl (C=O) groups excluding carboxylic acids is 1. The van der Waals surface area contributed by atoms with E-state index in [1.807, 2.05) is 27.7 Å². The van der Waals surface area contributed by atoms with E-state index in [2.05, 4.69) is 15.9 Å². The van der Waals surface area contributed by atoms with E-state index in [9.17, 15) is 4.79 Å². The molecule has 0 heterocycles. The van der Waals surface area contributed by atoms with E-state index < -0.39 is 0 Å². The summed E-state index contributed by atoms with van der Waals surface area (Å²) in [5.41, 5.74) is 0. The molecule has 0 aromatic rings. The van der Waals surface area contributed by atoms with Crippen LogP contribution < -0.4 is 0 Å². The Morgan fingerprint density at radius 3 is 2.36 bits per heavy atom. The maximum absolute atomic E-state index is 11.1. The fraction of sp³-hybridized carbons (Fsp3) is 0.875. The van der Waals surface area contributed by atoms with Gasteiger partial charge in [0.05, 0.1) is 12.5 Å². The van der Waals surface area contributed by atoms with E-state index in [-0.39, 0.29) is 16.2 Å². The Bertz CT molecular complexity index is 138. The predicted molar refractivity (Wildman–Crippen MR) is 48.8 cm³/mol. The van der Waals surface area contributed by atoms with Gasteiger partial charge in [-0.1, -0.05) is 22.9 Å². The molecule has 0 saturated carbocycles. The molecule has 0 saturated heterocycles. The summed E-state index contributed by atoms with van der Waals surface area (Å²) >= 11 is 3.41. The fourth-order valence-corrected chi connectivity index (χ4v) is 0.734. The van der Waals surface area contributed by atoms with E-state index >= 15 is 0 Å². The zero-order valence-electron chi connectivity index (χ0n) is 7.48. The highest BCUT2D eigenvalue weighted by Gasteiger charge is 2.29. The van der Waals surface area contributed by atoms with E-state index in [0.29, 0.717) is 6.61 Å². The first-order valence-electron chi connectivity index (χ1n) is 3.75. The summed E-state index contributed by atoms with van der Waals surface area (Å²) in [5, 5.41) is 0. The Kier molecular flexibility index (Phi) is 4.08. The lowest BCUT2D eigenvalue weighted by Gasteiger charge is -2.22. The van der Waals surface area contributed by atoms with Crippen molar-refractivity contribution in [2.24, 2.45) is 5.92 Å². The van der Waals surface area contributed by atoms with Crippen LogP contribution in [0.4, 0.5) is 0 Å². The summed E-state index contributed by atoms with van der Waals surface area (Å²) in [4.78, 5) is 11.1. The molecular weight excluding hydrogens is 208 g/mol. The van der Waals surface area contributed by atoms with Gasteiger partial charge in [-0.15, -0.1) is 0 Å². The predicted octanol–water partition coefficient (Wildman–Crippen LogP) is 2.36. The van der Waals surface area contributed by atoms with Crippen molar-refractivity contribution in [3.8, 4) is 0 Å². The van der Waals surface area contributed by atoms with Crippen molar-refractivity contribution in [2.75, 3.05) is 6.61 Å². The van der Waals surface area contributed by atoms with E-state index in [4.69, 9.17) is 4.74 Å². The minimum atomic E-state index is -0.181. The third kappa shape index (κ3) is 3.75. The van der Waals surface area contributed by atoms with E-state index in [1.165, 1.54) is 0 Å². The maximum atomic E-state index is 11.1. The number of rotatable bonds is 3. The SMILES string of the molecule is CCOC(=O)C(C)C(C)(C)Br. The molecule has 0 N–H and O–H groups in total. The van der Waals surface area contributed by atoms with Crippen molar-refractivity contribution in [3.05, 3.63) is 0 Å². The molecule has 0 radical (unpaired) electrons. The van der Waals surface area contributed by atoms with Crippen LogP contribution in [-0.2, 0) is 9.53 Å². The lowest BCUT2D eigenvalue weighted by atomic mass is 9.98. The molecule has 0 fully saturated rings. The first-order valence-corrected chi connectivity index (χ1v) is 4.54. The number of hydrogen-bond acceptors (Lipinski definition) is 2. The van der Waals surface area contributed by atoms with Gasteiger partial charge in [0.25, 0.3) is 0 Å². The molecule has 3 heteroatoms. The Hall–Kier alpha value is -0.0500. The van der Waals surface area contributed by atoms with Gasteiger partial charge in [0.1, 0.15) is 0 Å². The van der Waals surface area contributed by atoms with Crippen LogP contribution in [-0.4, -0.2) is 16.9 Å². The molecule has 0 aliphatic carbocycles. The Morgan fingerprint density at radius 2 is 2.09 bits per heavy atom. The molecule has 0 aliphatic rings. The van der Waals surface area contributed by atoms with Crippen LogP contribution in [0.1, 0.15) is 27.7 Å². The van der Waals surface area contributed by atoms with E-state index in [1.54, 1.807) is 0 Å². The topological polar surface area (TPSA) is 26.3 Å². The quantitative estimate of drug-likeness (QED) is 0.542. The molecule has 0 aliphatic heterocycles. The fourth-order valence-electron chi connectivity index (χ4n) is 0.548. The highest BCUT2D eigenvalue weighted by Crippen LogP contribution is 2.27. The Labute approximate surface area is 76.4 Å². The molecule has 0 rings (SSSR count). The van der Waals surface area contributed by atoms with Crippen molar-refractivity contribution < 1.29 is 9.53 Å². The van der Waals surface area contributed by atoms with Gasteiger partial charge in [0.15, 0.2) is 0 Å². The summed E-state index contributed by atoms with van der Waals surface area (Å²) in [7, 11) is 0. The van der Waals surface area contributed by atoms with Gasteiger partial charge in [0.2, 0.25) is 0 Å². The molecule has 0 bridgehead atoms. The standard InChI is InChI=1S/C8H15BrO2/c1-5-11-7(10)6(2)8(3,4)9/h6H,5H2,1-4H3. The van der Waals surface area contributed by atoms with E-state index in [0.717, 1.165) is 0 Å². The largest absolute Gasteiger partial charge is 0.466 e. The number of esters is 1. The first-order chi connectivity index (χ1) is 4.89. The second-order valence-electron chi connectivity index (χ2n) is 3.04. The van der Waals surface area contributed by atoms with Crippen molar-refractivity contribution >= 4 is 21.9 Å². The van der Waals surface area contributed by atoms with Gasteiger partial charge < -0.3 is 4.74 Å². The molecule has 0 amide bonds. The van der Waals surface area contributed by atoms with Crippen LogP contribution in [0.25, 0.3) is 0 Å². The number of hydrogen-bond donors (Lipinski definition) is 0. The van der Waals surface area contributed by atoms with Crippen LogP contribution in [0.2, 0.25) is 0 Å². The maximum Gasteiger partial charge on any atom is 0.310 e. The minimum absolute atomic E-state index is 0.109. The summed E-state index contributed by atoms with van der Waals surface area (Å²) < 4.78 is 4.68. The summed E-state index contributed by atoms with van der Waals surface area (Å²) in [6.45, 7) is 8.02. The minimum Gasteiger partial charge on any atom is -0.466 e. The number of halogens is 1. The van der Waals surface area contributed by atoms with Gasteiger partial charge >= 0.3 is 5.97 Å².